The van der Waals surface area contributed by atoms with Crippen LogP contribution in [-0.2, 0) is 10.2 Å². The first kappa shape index (κ1) is 20.2. The van der Waals surface area contributed by atoms with Crippen molar-refractivity contribution in [1.82, 2.24) is 15.5 Å². The molecule has 2 rings (SSSR count). The van der Waals surface area contributed by atoms with Gasteiger partial charge in [0.1, 0.15) is 17.7 Å². The number of aromatic nitrogens is 2. The number of nitrogens with two attached hydrogens (primary N) is 1. The molecule has 0 radical (unpaired) electrons. The average Bonchev–Trinajstić information content (AvgIpc) is 2.65. The molecule has 0 bridgehead atoms. The normalized spacial score (nSPS) is 12.3. The van der Waals surface area contributed by atoms with E-state index in [-0.39, 0.29) is 16.9 Å². The van der Waals surface area contributed by atoms with E-state index >= 15 is 0 Å². The minimum atomic E-state index is -1.19. The summed E-state index contributed by atoms with van der Waals surface area (Å²) in [5.74, 6) is -1.35. The van der Waals surface area contributed by atoms with Crippen LogP contribution in [0.2, 0.25) is 0 Å². The quantitative estimate of drug-likeness (QED) is 0.534. The van der Waals surface area contributed by atoms with Gasteiger partial charge in [-0.05, 0) is 29.8 Å². The van der Waals surface area contributed by atoms with Gasteiger partial charge < -0.3 is 21.5 Å². The van der Waals surface area contributed by atoms with Crippen molar-refractivity contribution in [3.05, 3.63) is 53.5 Å². The van der Waals surface area contributed by atoms with Crippen LogP contribution in [0.5, 0.6) is 0 Å². The summed E-state index contributed by atoms with van der Waals surface area (Å²) in [6.45, 7) is 3.91. The van der Waals surface area contributed by atoms with Crippen molar-refractivity contribution in [2.45, 2.75) is 25.3 Å². The van der Waals surface area contributed by atoms with Gasteiger partial charge in [0.25, 0.3) is 5.91 Å². The summed E-state index contributed by atoms with van der Waals surface area (Å²) in [7, 11) is 0. The van der Waals surface area contributed by atoms with E-state index in [4.69, 9.17) is 10.8 Å². The Morgan fingerprint density at radius 1 is 1.19 bits per heavy atom. The molecule has 0 saturated carbocycles. The number of hydrogen-bond acceptors (Lipinski definition) is 6. The third-order valence-corrected chi connectivity index (χ3v) is 4.07. The van der Waals surface area contributed by atoms with Crippen LogP contribution in [0.25, 0.3) is 0 Å². The van der Waals surface area contributed by atoms with E-state index in [1.165, 1.54) is 18.2 Å². The smallest absolute Gasteiger partial charge is 0.272 e. The lowest BCUT2D eigenvalue weighted by atomic mass is 9.84. The zero-order valence-corrected chi connectivity index (χ0v) is 15.1. The van der Waals surface area contributed by atoms with Gasteiger partial charge in [0, 0.05) is 12.0 Å². The third-order valence-electron chi connectivity index (χ3n) is 4.07. The number of hydrogen-bond donors (Lipinski definition) is 4. The van der Waals surface area contributed by atoms with Crippen LogP contribution in [0.1, 0.15) is 29.9 Å². The maximum absolute atomic E-state index is 13.1. The molecule has 9 heteroatoms. The largest absolute Gasteiger partial charge is 0.394 e. The highest BCUT2D eigenvalue weighted by Gasteiger charge is 2.21. The zero-order valence-electron chi connectivity index (χ0n) is 15.1. The molecule has 1 aromatic carbocycles. The third kappa shape index (κ3) is 5.45. The Bertz CT molecular complexity index is 794. The van der Waals surface area contributed by atoms with E-state index < -0.39 is 24.5 Å². The van der Waals surface area contributed by atoms with Crippen molar-refractivity contribution < 1.29 is 19.1 Å². The number of aliphatic hydroxyl groups excluding tert-OH is 1. The second-order valence-corrected chi connectivity index (χ2v) is 6.66. The number of aliphatic hydroxyl groups is 1. The van der Waals surface area contributed by atoms with E-state index in [0.717, 1.165) is 5.56 Å². The first-order valence-corrected chi connectivity index (χ1v) is 8.27. The molecule has 0 aliphatic heterocycles. The van der Waals surface area contributed by atoms with Crippen molar-refractivity contribution in [3.8, 4) is 0 Å². The van der Waals surface area contributed by atoms with E-state index in [1.54, 1.807) is 18.2 Å². The van der Waals surface area contributed by atoms with Gasteiger partial charge in [-0.15, -0.1) is 10.2 Å². The molecule has 0 spiro atoms. The van der Waals surface area contributed by atoms with Crippen molar-refractivity contribution in [3.63, 3.8) is 0 Å². The maximum Gasteiger partial charge on any atom is 0.272 e. The fraction of sp³-hybridized carbons (Fsp3) is 0.333. The van der Waals surface area contributed by atoms with Gasteiger partial charge in [0.15, 0.2) is 5.69 Å². The molecule has 1 atom stereocenters. The number of carbonyl (C=O) groups excluding carboxylic acids is 2. The van der Waals surface area contributed by atoms with Gasteiger partial charge in [-0.25, -0.2) is 4.39 Å². The minimum absolute atomic E-state index is 0.0157. The van der Waals surface area contributed by atoms with Crippen LogP contribution in [0.4, 0.5) is 10.2 Å². The van der Waals surface area contributed by atoms with Crippen LogP contribution in [0.15, 0.2) is 36.4 Å². The second-order valence-electron chi connectivity index (χ2n) is 6.66. The lowest BCUT2D eigenvalue weighted by molar-refractivity contribution is -0.120. The first-order valence-electron chi connectivity index (χ1n) is 8.27. The number of benzene rings is 1. The number of carbonyl (C=O) groups is 2. The topological polar surface area (TPSA) is 130 Å². The summed E-state index contributed by atoms with van der Waals surface area (Å²) in [5, 5.41) is 22.1. The molecule has 5 N–H and O–H groups in total. The Kier molecular flexibility index (Phi) is 6.40. The Hall–Kier alpha value is -3.07. The lowest BCUT2D eigenvalue weighted by Gasteiger charge is -2.25. The molecular formula is C18H22FN5O3. The number of amides is 2. The van der Waals surface area contributed by atoms with Crippen LogP contribution >= 0.6 is 0 Å². The van der Waals surface area contributed by atoms with Crippen LogP contribution < -0.4 is 16.4 Å². The molecule has 2 amide bonds. The Morgan fingerprint density at radius 2 is 1.85 bits per heavy atom. The molecule has 27 heavy (non-hydrogen) atoms. The summed E-state index contributed by atoms with van der Waals surface area (Å²) in [5.41, 5.74) is 5.71. The molecule has 0 aliphatic rings. The number of rotatable bonds is 8. The Labute approximate surface area is 156 Å². The number of halogens is 1. The fourth-order valence-corrected chi connectivity index (χ4v) is 2.30. The number of nitrogens with zero attached hydrogens (tertiary/aromatic N) is 2. The van der Waals surface area contributed by atoms with Gasteiger partial charge in [-0.3, -0.25) is 9.59 Å². The minimum Gasteiger partial charge on any atom is -0.394 e. The Morgan fingerprint density at radius 3 is 2.37 bits per heavy atom. The highest BCUT2D eigenvalue weighted by atomic mass is 19.1. The summed E-state index contributed by atoms with van der Waals surface area (Å²) < 4.78 is 13.1. The molecule has 2 aromatic rings. The van der Waals surface area contributed by atoms with E-state index in [9.17, 15) is 14.0 Å². The summed E-state index contributed by atoms with van der Waals surface area (Å²) >= 11 is 0. The zero-order chi connectivity index (χ0) is 20.0. The molecule has 1 unspecified atom stereocenters. The highest BCUT2D eigenvalue weighted by Crippen LogP contribution is 2.23. The summed E-state index contributed by atoms with van der Waals surface area (Å²) in [4.78, 5) is 23.0. The van der Waals surface area contributed by atoms with E-state index in [2.05, 4.69) is 20.8 Å². The highest BCUT2D eigenvalue weighted by molar-refractivity contribution is 5.95. The lowest BCUT2D eigenvalue weighted by Crippen LogP contribution is -2.47. The summed E-state index contributed by atoms with van der Waals surface area (Å²) in [6.07, 6.45) is 0. The van der Waals surface area contributed by atoms with Crippen molar-refractivity contribution >= 4 is 17.6 Å². The van der Waals surface area contributed by atoms with E-state index in [0.29, 0.717) is 12.4 Å². The average molecular weight is 375 g/mol. The van der Waals surface area contributed by atoms with Gasteiger partial charge in [-0.1, -0.05) is 26.0 Å². The molecule has 0 fully saturated rings. The van der Waals surface area contributed by atoms with Crippen LogP contribution in [0.3, 0.4) is 0 Å². The SMILES string of the molecule is CC(C)(CNc1ccc(C(=O)NC(CO)C(N)=O)nn1)c1ccc(F)cc1. The van der Waals surface area contributed by atoms with Gasteiger partial charge >= 0.3 is 0 Å². The molecule has 0 aliphatic carbocycles. The molecule has 1 aromatic heterocycles. The first-order chi connectivity index (χ1) is 12.7. The van der Waals surface area contributed by atoms with Crippen LogP contribution in [0, 0.1) is 5.82 Å². The van der Waals surface area contributed by atoms with E-state index in [1.807, 2.05) is 13.8 Å². The monoisotopic (exact) mass is 375 g/mol. The number of nitrogens with one attached hydrogen (secondary N) is 2. The Balaban J connectivity index is 1.98. The number of anilines is 1. The standard InChI is InChI=1S/C18H22FN5O3/c1-18(2,11-3-5-12(19)6-4-11)10-21-15-8-7-13(23-24-15)17(27)22-14(9-25)16(20)26/h3-8,14,25H,9-10H2,1-2H3,(H2,20,26)(H,21,24)(H,22,27). The predicted molar refractivity (Wildman–Crippen MR) is 97.5 cm³/mol. The van der Waals surface area contributed by atoms with Crippen LogP contribution in [-0.4, -0.2) is 46.3 Å². The predicted octanol–water partition coefficient (Wildman–Crippen LogP) is 0.581. The molecule has 144 valence electrons. The molecular weight excluding hydrogens is 353 g/mol. The van der Waals surface area contributed by atoms with Crippen molar-refractivity contribution in [1.29, 1.82) is 0 Å². The molecule has 1 heterocycles. The van der Waals surface area contributed by atoms with Gasteiger partial charge in [-0.2, -0.15) is 0 Å². The van der Waals surface area contributed by atoms with Gasteiger partial charge in [0.05, 0.1) is 6.61 Å². The van der Waals surface area contributed by atoms with Crippen molar-refractivity contribution in [2.24, 2.45) is 5.73 Å². The van der Waals surface area contributed by atoms with Crippen molar-refractivity contribution in [2.75, 3.05) is 18.5 Å². The molecule has 8 nitrogen and oxygen atoms in total. The fourth-order valence-electron chi connectivity index (χ4n) is 2.30. The van der Waals surface area contributed by atoms with Gasteiger partial charge in [0.2, 0.25) is 5.91 Å². The summed E-state index contributed by atoms with van der Waals surface area (Å²) in [6, 6.07) is 8.10. The number of primary amides is 1. The maximum atomic E-state index is 13.1. The molecule has 0 saturated heterocycles. The second kappa shape index (κ2) is 8.54.